The van der Waals surface area contributed by atoms with Crippen LogP contribution in [0, 0.1) is 5.92 Å². The van der Waals surface area contributed by atoms with E-state index in [4.69, 9.17) is 11.6 Å². The first kappa shape index (κ1) is 63.3. The van der Waals surface area contributed by atoms with E-state index in [2.05, 4.69) is 31.6 Å². The van der Waals surface area contributed by atoms with Crippen LogP contribution in [0.4, 0.5) is 0 Å². The number of aliphatic hydroxyl groups is 4. The minimum Gasteiger partial charge on any atom is -0.480 e. The van der Waals surface area contributed by atoms with Crippen LogP contribution < -0.4 is 26.6 Å². The summed E-state index contributed by atoms with van der Waals surface area (Å²) < 4.78 is 0. The zero-order valence-electron chi connectivity index (χ0n) is 44.5. The van der Waals surface area contributed by atoms with Gasteiger partial charge in [-0.05, 0) is 70.2 Å². The summed E-state index contributed by atoms with van der Waals surface area (Å²) in [6.45, 7) is 3.74. The Bertz CT molecular complexity index is 2680. The first-order valence-corrected chi connectivity index (χ1v) is 27.4. The third kappa shape index (κ3) is 17.0. The molecule has 8 amide bonds. The number of amides is 8. The number of carboxylic acid groups (broad SMARTS) is 1. The number of carboxylic acids is 1. The molecule has 26 nitrogen and oxygen atoms in total. The number of aromatic amines is 1. The van der Waals surface area contributed by atoms with E-state index in [1.54, 1.807) is 18.2 Å². The second kappa shape index (κ2) is 28.1. The Labute approximate surface area is 463 Å². The number of carbonyl (C=O) groups excluding carboxylic acids is 11. The maximum absolute atomic E-state index is 14.8. The lowest BCUT2D eigenvalue weighted by Crippen LogP contribution is -2.61. The summed E-state index contributed by atoms with van der Waals surface area (Å²) in [6, 6.07) is -3.99. The number of alkyl halides is 1. The van der Waals surface area contributed by atoms with Gasteiger partial charge in [0.15, 0.2) is 11.6 Å². The van der Waals surface area contributed by atoms with Crippen LogP contribution >= 0.6 is 23.4 Å². The Morgan fingerprint density at radius 1 is 0.848 bits per heavy atom. The van der Waals surface area contributed by atoms with Crippen LogP contribution in [0.15, 0.2) is 23.2 Å². The number of ketones is 3. The molecule has 2 bridgehead atoms. The predicted octanol–water partition coefficient (Wildman–Crippen LogP) is -2.11. The van der Waals surface area contributed by atoms with Crippen LogP contribution in [-0.4, -0.2) is 208 Å². The van der Waals surface area contributed by atoms with Crippen molar-refractivity contribution in [2.24, 2.45) is 5.92 Å². The van der Waals surface area contributed by atoms with Crippen molar-refractivity contribution in [3.63, 3.8) is 0 Å². The van der Waals surface area contributed by atoms with Gasteiger partial charge in [-0.1, -0.05) is 13.0 Å². The smallest absolute Gasteiger partial charge is 0.325 e. The van der Waals surface area contributed by atoms with Gasteiger partial charge >= 0.3 is 5.97 Å². The van der Waals surface area contributed by atoms with Gasteiger partial charge in [0.2, 0.25) is 41.4 Å². The number of rotatable bonds is 17. The molecule has 5 rings (SSSR count). The Morgan fingerprint density at radius 2 is 1.51 bits per heavy atom. The van der Waals surface area contributed by atoms with Crippen molar-refractivity contribution in [3.8, 4) is 0 Å². The summed E-state index contributed by atoms with van der Waals surface area (Å²) in [5.41, 5.74) is -0.638. The zero-order chi connectivity index (χ0) is 58.6. The number of fused-ring (bicyclic) bond motifs is 5. The third-order valence-corrected chi connectivity index (χ3v) is 15.2. The maximum atomic E-state index is 14.8. The topological polar surface area (TPSA) is 392 Å². The Morgan fingerprint density at radius 3 is 2.14 bits per heavy atom. The monoisotopic (exact) mass is 1150 g/mol. The quantitative estimate of drug-likeness (QED) is 0.0459. The van der Waals surface area contributed by atoms with Crippen molar-refractivity contribution in [1.29, 1.82) is 0 Å². The van der Waals surface area contributed by atoms with Crippen LogP contribution in [0.25, 0.3) is 10.9 Å². The first-order chi connectivity index (χ1) is 37.2. The van der Waals surface area contributed by atoms with E-state index >= 15 is 0 Å². The van der Waals surface area contributed by atoms with Gasteiger partial charge in [0.25, 0.3) is 5.91 Å². The fraction of sp³-hybridized carbons (Fsp3) is 0.608. The molecular formula is C51H70ClN9O17S. The first-order valence-electron chi connectivity index (χ1n) is 25.9. The number of nitrogens with one attached hydrogen (secondary N) is 6. The second-order valence-electron chi connectivity index (χ2n) is 20.5. The van der Waals surface area contributed by atoms with E-state index in [1.807, 2.05) is 0 Å². The SMILES string of the molecule is CCC(=O)N(CC(=O)O)N(CC(=O)CCCCC(=O)Cc1ccc2[nH]c3c(c2c1)C[C@@H]1CC(=O)[C@H](C)NC(=O)[C@@H]2C[C@@H](O)CN2C(=O)[C@@H](CS3)NC(=O)[C@@H](C(C)O)NC(=O)[C@H](C)NC(=O)[C@H](C[C@@](C)(O)CO)NC1=O)C(=O)CCl. The fourth-order valence-electron chi connectivity index (χ4n) is 9.40. The summed E-state index contributed by atoms with van der Waals surface area (Å²) in [6.07, 6.45) is -4.46. The molecule has 4 heterocycles. The van der Waals surface area contributed by atoms with Gasteiger partial charge < -0.3 is 62.0 Å². The number of unbranched alkanes of at least 4 members (excludes halogenated alkanes) is 1. The third-order valence-electron chi connectivity index (χ3n) is 13.8. The molecule has 11 N–H and O–H groups in total. The van der Waals surface area contributed by atoms with Crippen molar-refractivity contribution in [2.75, 3.05) is 37.9 Å². The molecule has 28 heteroatoms. The van der Waals surface area contributed by atoms with E-state index in [9.17, 15) is 83.1 Å². The zero-order valence-corrected chi connectivity index (χ0v) is 46.1. The molecule has 3 aliphatic heterocycles. The van der Waals surface area contributed by atoms with Crippen molar-refractivity contribution >= 4 is 105 Å². The largest absolute Gasteiger partial charge is 0.480 e. The average Bonchev–Trinajstić information content (AvgIpc) is 4.00. The number of H-pyrrole nitrogens is 1. The van der Waals surface area contributed by atoms with Crippen molar-refractivity contribution in [3.05, 3.63) is 29.3 Å². The molecule has 1 fully saturated rings. The highest BCUT2D eigenvalue weighted by Crippen LogP contribution is 2.35. The molecule has 2 aromatic rings. The van der Waals surface area contributed by atoms with E-state index in [-0.39, 0.29) is 69.4 Å². The number of carbonyl (C=O) groups is 12. The lowest BCUT2D eigenvalue weighted by atomic mass is 9.89. The number of Topliss-reactive ketones (excluding diaryl/α,β-unsaturated/α-hetero) is 3. The molecule has 1 aromatic carbocycles. The molecule has 0 radical (unpaired) electrons. The van der Waals surface area contributed by atoms with Gasteiger partial charge in [-0.3, -0.25) is 57.5 Å². The van der Waals surface area contributed by atoms with Crippen molar-refractivity contribution in [2.45, 2.75) is 158 Å². The highest BCUT2D eigenvalue weighted by atomic mass is 35.5. The fourth-order valence-corrected chi connectivity index (χ4v) is 10.6. The summed E-state index contributed by atoms with van der Waals surface area (Å²) in [5, 5.41) is 66.7. The van der Waals surface area contributed by atoms with Gasteiger partial charge in [-0.25, -0.2) is 10.0 Å². The Kier molecular flexibility index (Phi) is 22.5. The minimum atomic E-state index is -1.98. The van der Waals surface area contributed by atoms with E-state index in [0.717, 1.165) is 16.7 Å². The summed E-state index contributed by atoms with van der Waals surface area (Å²) >= 11 is 6.71. The van der Waals surface area contributed by atoms with E-state index < -0.39 is 163 Å². The molecule has 1 unspecified atom stereocenters. The van der Waals surface area contributed by atoms with Gasteiger partial charge in [-0.15, -0.1) is 23.4 Å². The number of halogens is 1. The highest BCUT2D eigenvalue weighted by molar-refractivity contribution is 7.99. The number of hydrogen-bond acceptors (Lipinski definition) is 17. The summed E-state index contributed by atoms with van der Waals surface area (Å²) in [5.74, 6) is -12.3. The lowest BCUT2D eigenvalue weighted by molar-refractivity contribution is -0.168. The Balaban J connectivity index is 1.54. The van der Waals surface area contributed by atoms with Crippen LogP contribution in [0.3, 0.4) is 0 Å². The molecular weight excluding hydrogens is 1080 g/mol. The normalized spacial score (nSPS) is 24.8. The average molecular weight is 1150 g/mol. The highest BCUT2D eigenvalue weighted by Gasteiger charge is 2.44. The van der Waals surface area contributed by atoms with E-state index in [1.165, 1.54) is 34.6 Å². The van der Waals surface area contributed by atoms with Crippen LogP contribution in [0.1, 0.15) is 97.1 Å². The second-order valence-corrected chi connectivity index (χ2v) is 21.8. The van der Waals surface area contributed by atoms with Gasteiger partial charge in [0.1, 0.15) is 55.0 Å². The van der Waals surface area contributed by atoms with Crippen LogP contribution in [0.5, 0.6) is 0 Å². The minimum absolute atomic E-state index is 0.00159. The lowest BCUT2D eigenvalue weighted by Gasteiger charge is -2.32. The molecule has 0 saturated carbocycles. The number of aliphatic hydroxyl groups excluding tert-OH is 3. The summed E-state index contributed by atoms with van der Waals surface area (Å²) in [4.78, 5) is 167. The molecule has 0 aliphatic carbocycles. The van der Waals surface area contributed by atoms with Gasteiger partial charge in [0.05, 0.1) is 35.5 Å². The van der Waals surface area contributed by atoms with Crippen LogP contribution in [-0.2, 0) is 70.4 Å². The van der Waals surface area contributed by atoms with Crippen molar-refractivity contribution < 1.29 is 83.1 Å². The predicted molar refractivity (Wildman–Crippen MR) is 281 cm³/mol. The number of aromatic nitrogens is 1. The number of nitrogens with zero attached hydrogens (tertiary/aromatic N) is 3. The van der Waals surface area contributed by atoms with Gasteiger partial charge in [0, 0.05) is 74.1 Å². The molecule has 1 aromatic heterocycles. The molecule has 3 aliphatic rings. The van der Waals surface area contributed by atoms with Crippen molar-refractivity contribution in [1.82, 2.24) is 46.5 Å². The maximum Gasteiger partial charge on any atom is 0.325 e. The molecule has 10 atom stereocenters. The molecule has 0 spiro atoms. The molecule has 1 saturated heterocycles. The number of hydrazine groups is 1. The number of aliphatic carboxylic acids is 1. The summed E-state index contributed by atoms with van der Waals surface area (Å²) in [7, 11) is 0. The molecule has 79 heavy (non-hydrogen) atoms. The molecule has 434 valence electrons. The Hall–Kier alpha value is -6.52. The number of hydrogen-bond donors (Lipinski definition) is 11. The van der Waals surface area contributed by atoms with Crippen LogP contribution in [0.2, 0.25) is 0 Å². The van der Waals surface area contributed by atoms with E-state index in [0.29, 0.717) is 37.1 Å². The number of benzene rings is 1. The standard InChI is InChI=1S/C51H70ClN9O17S/c1-6-40(68)61(22-42(70)71)60(41(69)19-52)21-31(65)10-8-7-9-30(64)13-28-11-12-35-33(14-28)34-15-29-16-39(67)25(2)53-47(75)38-17-32(66)20-59(38)50(77)37(23-79-49(34)57-35)56-48(76)43(27(4)63)58-44(72)26(3)54-46(74)36(55-45(29)73)18-51(5,78)24-62/h11-12,14,25-27,29,32,36-38,43,57,62-63,66,78H,6-10,13,15-24H2,1-5H3,(H,53,75)(H,54,74)(H,55,73)(H,56,76)(H,58,72)(H,70,71)/t25-,26-,27?,29+,32+,36-,37+,38-,43+,51+/m0/s1. The van der Waals surface area contributed by atoms with Gasteiger partial charge in [-0.2, -0.15) is 0 Å². The number of thioether (sulfide) groups is 1.